The molecule has 1 saturated heterocycles. The fraction of sp³-hybridized carbons (Fsp3) is 0.333. The summed E-state index contributed by atoms with van der Waals surface area (Å²) in [6.07, 6.45) is 2.62. The van der Waals surface area contributed by atoms with Crippen LogP contribution in [0.25, 0.3) is 28.0 Å². The lowest BCUT2D eigenvalue weighted by Crippen LogP contribution is -2.54. The number of ether oxygens (including phenoxy) is 1. The number of nitrogens with one attached hydrogen (secondary N) is 1. The van der Waals surface area contributed by atoms with Crippen LogP contribution in [0.2, 0.25) is 0 Å². The van der Waals surface area contributed by atoms with E-state index in [1.807, 2.05) is 25.7 Å². The van der Waals surface area contributed by atoms with Gasteiger partial charge in [0, 0.05) is 37.9 Å². The largest absolute Gasteiger partial charge is 0.474 e. The molecule has 0 spiro atoms. The highest BCUT2D eigenvalue weighted by Gasteiger charge is 2.32. The predicted molar refractivity (Wildman–Crippen MR) is 158 cm³/mol. The van der Waals surface area contributed by atoms with Crippen molar-refractivity contribution in [2.45, 2.75) is 32.7 Å². The Morgan fingerprint density at radius 3 is 2.74 bits per heavy atom. The lowest BCUT2D eigenvalue weighted by molar-refractivity contribution is -0.126. The van der Waals surface area contributed by atoms with Crippen molar-refractivity contribution in [2.75, 3.05) is 43.0 Å². The van der Waals surface area contributed by atoms with Crippen LogP contribution in [0.5, 0.6) is 5.88 Å². The second-order valence-electron chi connectivity index (χ2n) is 10.8. The first-order valence-electron chi connectivity index (χ1n) is 14.0. The summed E-state index contributed by atoms with van der Waals surface area (Å²) in [5.74, 6) is -1.50. The van der Waals surface area contributed by atoms with Crippen LogP contribution >= 0.6 is 0 Å². The Hall–Kier alpha value is -4.94. The van der Waals surface area contributed by atoms with E-state index in [0.717, 1.165) is 0 Å². The second kappa shape index (κ2) is 11.0. The molecular weight excluding hydrogens is 558 g/mol. The van der Waals surface area contributed by atoms with Crippen LogP contribution in [0.3, 0.4) is 0 Å². The molecule has 0 radical (unpaired) electrons. The molecule has 0 saturated carbocycles. The van der Waals surface area contributed by atoms with Crippen molar-refractivity contribution in [3.05, 3.63) is 71.1 Å². The Balaban J connectivity index is 1.68. The van der Waals surface area contributed by atoms with Gasteiger partial charge in [0.2, 0.25) is 11.8 Å². The number of hydrogen-bond donors (Lipinski definition) is 1. The van der Waals surface area contributed by atoms with Gasteiger partial charge < -0.3 is 19.9 Å². The van der Waals surface area contributed by atoms with Crippen LogP contribution in [-0.2, 0) is 4.79 Å². The number of nitrogens with zero attached hydrogens (tertiary/aromatic N) is 7. The topological polar surface area (TPSA) is 118 Å². The summed E-state index contributed by atoms with van der Waals surface area (Å²) in [5, 5.41) is 3.33. The number of anilines is 2. The molecule has 222 valence electrons. The minimum Gasteiger partial charge on any atom is -0.474 e. The number of carbonyl (C=O) groups excluding carboxylic acids is 1. The van der Waals surface area contributed by atoms with Gasteiger partial charge in [0.25, 0.3) is 0 Å². The summed E-state index contributed by atoms with van der Waals surface area (Å²) >= 11 is 0. The minimum atomic E-state index is -0.788. The number of rotatable bonds is 3. The van der Waals surface area contributed by atoms with Gasteiger partial charge in [-0.05, 0) is 37.1 Å². The molecule has 1 atom stereocenters. The first-order chi connectivity index (χ1) is 20.7. The van der Waals surface area contributed by atoms with Crippen LogP contribution in [0, 0.1) is 11.6 Å². The van der Waals surface area contributed by atoms with Crippen LogP contribution in [0.15, 0.2) is 48.0 Å². The molecule has 0 unspecified atom stereocenters. The molecule has 2 aliphatic heterocycles. The van der Waals surface area contributed by atoms with E-state index in [0.29, 0.717) is 31.0 Å². The monoisotopic (exact) mass is 588 g/mol. The first-order valence-corrected chi connectivity index (χ1v) is 14.0. The van der Waals surface area contributed by atoms with E-state index in [1.54, 1.807) is 11.0 Å². The van der Waals surface area contributed by atoms with Gasteiger partial charge in [-0.3, -0.25) is 4.79 Å². The molecular formula is C30H30F2N8O3. The van der Waals surface area contributed by atoms with Crippen LogP contribution in [0.1, 0.15) is 32.4 Å². The Kier molecular flexibility index (Phi) is 7.24. The maximum atomic E-state index is 16.1. The molecule has 1 aromatic carbocycles. The summed E-state index contributed by atoms with van der Waals surface area (Å²) in [6, 6.07) is 5.32. The number of benzene rings is 1. The third kappa shape index (κ3) is 4.84. The molecule has 2 bridgehead atoms. The number of aromatic nitrogens is 5. The quantitative estimate of drug-likeness (QED) is 0.358. The Morgan fingerprint density at radius 2 is 2.00 bits per heavy atom. The van der Waals surface area contributed by atoms with E-state index in [9.17, 15) is 9.59 Å². The van der Waals surface area contributed by atoms with Crippen LogP contribution in [0.4, 0.5) is 20.3 Å². The molecule has 1 fully saturated rings. The number of pyridine rings is 1. The summed E-state index contributed by atoms with van der Waals surface area (Å²) in [7, 11) is 0. The molecule has 11 nitrogen and oxygen atoms in total. The maximum absolute atomic E-state index is 16.1. The number of fused-ring (bicyclic) bond motifs is 5. The van der Waals surface area contributed by atoms with Gasteiger partial charge >= 0.3 is 5.69 Å². The first kappa shape index (κ1) is 28.2. The Labute approximate surface area is 245 Å². The van der Waals surface area contributed by atoms with Gasteiger partial charge in [0.05, 0.1) is 16.6 Å². The van der Waals surface area contributed by atoms with Crippen LogP contribution in [-0.4, -0.2) is 74.1 Å². The predicted octanol–water partition coefficient (Wildman–Crippen LogP) is 3.67. The molecule has 2 aliphatic rings. The van der Waals surface area contributed by atoms with Crippen molar-refractivity contribution in [3.8, 4) is 22.8 Å². The highest BCUT2D eigenvalue weighted by molar-refractivity contribution is 5.92. The van der Waals surface area contributed by atoms with Crippen molar-refractivity contribution in [1.82, 2.24) is 29.4 Å². The van der Waals surface area contributed by atoms with Crippen LogP contribution < -0.4 is 20.6 Å². The second-order valence-corrected chi connectivity index (χ2v) is 10.8. The number of amides is 1. The number of piperazine rings is 1. The normalized spacial score (nSPS) is 16.6. The minimum absolute atomic E-state index is 0.0412. The maximum Gasteiger partial charge on any atom is 0.356 e. The lowest BCUT2D eigenvalue weighted by atomic mass is 10.1. The fourth-order valence-corrected chi connectivity index (χ4v) is 5.66. The van der Waals surface area contributed by atoms with Gasteiger partial charge in [0.1, 0.15) is 36.0 Å². The Bertz CT molecular complexity index is 1830. The third-order valence-electron chi connectivity index (χ3n) is 7.68. The van der Waals surface area contributed by atoms with Crippen molar-refractivity contribution in [3.63, 3.8) is 0 Å². The summed E-state index contributed by atoms with van der Waals surface area (Å²) in [5.41, 5.74) is 0.0459. The molecule has 13 heteroatoms. The zero-order chi connectivity index (χ0) is 30.4. The van der Waals surface area contributed by atoms with E-state index in [2.05, 4.69) is 31.8 Å². The van der Waals surface area contributed by atoms with Crippen molar-refractivity contribution >= 4 is 28.4 Å². The van der Waals surface area contributed by atoms with Gasteiger partial charge in [-0.1, -0.05) is 26.5 Å². The SMILES string of the molecule is C=CC(=O)N1CCN(c2nc(=O)n3c4nc(c(F)cc24)-c2c(F)cccc2NCCOc2ncnc(C(C)C)c2-3)[C@@H](C)C1. The Morgan fingerprint density at radius 1 is 1.19 bits per heavy atom. The average molecular weight is 589 g/mol. The number of halogens is 2. The van der Waals surface area contributed by atoms with E-state index in [-0.39, 0.29) is 70.7 Å². The smallest absolute Gasteiger partial charge is 0.356 e. The summed E-state index contributed by atoms with van der Waals surface area (Å²) < 4.78 is 38.7. The van der Waals surface area contributed by atoms with Gasteiger partial charge in [-0.2, -0.15) is 9.97 Å². The van der Waals surface area contributed by atoms with Gasteiger partial charge in [-0.25, -0.2) is 28.1 Å². The van der Waals surface area contributed by atoms with Crippen molar-refractivity contribution in [1.29, 1.82) is 0 Å². The average Bonchev–Trinajstić information content (AvgIpc) is 2.98. The summed E-state index contributed by atoms with van der Waals surface area (Å²) in [4.78, 5) is 47.7. The van der Waals surface area contributed by atoms with E-state index >= 15 is 8.78 Å². The van der Waals surface area contributed by atoms with Crippen molar-refractivity contribution in [2.24, 2.45) is 0 Å². The standard InChI is InChI=1S/C30H30F2N8O3/c1-5-22(41)38-10-11-39(17(4)14-38)27-18-13-20(32)25-23-19(31)7-6-8-21(23)33-9-12-43-29-26(24(16(2)3)34-15-35-29)40(28(18)36-25)30(42)37-27/h5-8,13,15-17,33H,1,9-12,14H2,2-4H3/t17-/m0/s1. The highest BCUT2D eigenvalue weighted by Crippen LogP contribution is 2.37. The highest BCUT2D eigenvalue weighted by atomic mass is 19.1. The number of carbonyl (C=O) groups is 1. The van der Waals surface area contributed by atoms with E-state index in [1.165, 1.54) is 35.2 Å². The molecule has 4 aromatic rings. The molecule has 43 heavy (non-hydrogen) atoms. The van der Waals surface area contributed by atoms with E-state index < -0.39 is 17.3 Å². The zero-order valence-electron chi connectivity index (χ0n) is 24.0. The van der Waals surface area contributed by atoms with Gasteiger partial charge in [0.15, 0.2) is 11.5 Å². The fourth-order valence-electron chi connectivity index (χ4n) is 5.66. The molecule has 5 heterocycles. The lowest BCUT2D eigenvalue weighted by Gasteiger charge is -2.40. The zero-order valence-corrected chi connectivity index (χ0v) is 24.0. The third-order valence-corrected chi connectivity index (χ3v) is 7.68. The van der Waals surface area contributed by atoms with Gasteiger partial charge in [-0.15, -0.1) is 0 Å². The molecule has 6 rings (SSSR count). The van der Waals surface area contributed by atoms with E-state index in [4.69, 9.17) is 4.74 Å². The summed E-state index contributed by atoms with van der Waals surface area (Å²) in [6.45, 7) is 10.6. The number of hydrogen-bond acceptors (Lipinski definition) is 9. The molecule has 3 aromatic heterocycles. The molecule has 0 aliphatic carbocycles. The molecule has 1 amide bonds. The van der Waals surface area contributed by atoms with Crippen molar-refractivity contribution < 1.29 is 18.3 Å². The molecule has 1 N–H and O–H groups in total.